The lowest BCUT2D eigenvalue weighted by Gasteiger charge is -2.55. The van der Waals surface area contributed by atoms with Crippen molar-refractivity contribution in [2.75, 3.05) is 26.2 Å². The van der Waals surface area contributed by atoms with E-state index in [2.05, 4.69) is 15.5 Å². The van der Waals surface area contributed by atoms with Crippen molar-refractivity contribution in [1.82, 2.24) is 15.5 Å². The first-order valence-electron chi connectivity index (χ1n) is 11.3. The van der Waals surface area contributed by atoms with Crippen molar-refractivity contribution in [3.05, 3.63) is 29.8 Å². The monoisotopic (exact) mass is 397 g/mol. The second kappa shape index (κ2) is 7.63. The standard InChI is InChI=1S/C23H31N3O3/c27-21(24-10-13-26-11-4-1-5-12-26)19-14-17-9-8-16(19)15-23(17)25-22(28)18-6-2-3-7-20(18)29-23/h2-3,6-7,16-17,19H,1,4-5,8-15H2,(H,24,27)(H,25,28)/t16-,17+,19-,23+/m1/s1. The molecule has 3 aliphatic carbocycles. The molecule has 2 bridgehead atoms. The smallest absolute Gasteiger partial charge is 0.258 e. The van der Waals surface area contributed by atoms with Crippen LogP contribution in [0.3, 0.4) is 0 Å². The van der Waals surface area contributed by atoms with E-state index >= 15 is 0 Å². The fourth-order valence-corrected chi connectivity index (χ4v) is 5.93. The predicted octanol–water partition coefficient (Wildman–Crippen LogP) is 2.54. The molecule has 2 amide bonds. The van der Waals surface area contributed by atoms with Crippen LogP contribution in [-0.2, 0) is 4.79 Å². The van der Waals surface area contributed by atoms with Crippen LogP contribution in [0.5, 0.6) is 5.75 Å². The molecule has 2 N–H and O–H groups in total. The minimum absolute atomic E-state index is 0.0402. The molecule has 6 rings (SSSR count). The van der Waals surface area contributed by atoms with E-state index in [9.17, 15) is 9.59 Å². The van der Waals surface area contributed by atoms with Crippen LogP contribution >= 0.6 is 0 Å². The van der Waals surface area contributed by atoms with Gasteiger partial charge in [0.05, 0.1) is 5.56 Å². The average molecular weight is 398 g/mol. The molecule has 0 radical (unpaired) electrons. The number of carbonyl (C=O) groups excluding carboxylic acids is 2. The molecule has 6 nitrogen and oxygen atoms in total. The Morgan fingerprint density at radius 2 is 2.03 bits per heavy atom. The Bertz CT molecular complexity index is 791. The first-order chi connectivity index (χ1) is 14.1. The molecular formula is C23H31N3O3. The second-order valence-electron chi connectivity index (χ2n) is 9.22. The van der Waals surface area contributed by atoms with Crippen LogP contribution < -0.4 is 15.4 Å². The molecule has 2 aliphatic heterocycles. The van der Waals surface area contributed by atoms with E-state index < -0.39 is 5.72 Å². The number of amides is 2. The van der Waals surface area contributed by atoms with Crippen molar-refractivity contribution in [3.8, 4) is 5.75 Å². The number of hydrogen-bond donors (Lipinski definition) is 2. The quantitative estimate of drug-likeness (QED) is 0.819. The van der Waals surface area contributed by atoms with Gasteiger partial charge in [-0.3, -0.25) is 9.59 Å². The van der Waals surface area contributed by atoms with Gasteiger partial charge in [0.25, 0.3) is 5.91 Å². The van der Waals surface area contributed by atoms with E-state index in [1.165, 1.54) is 19.3 Å². The molecule has 1 saturated heterocycles. The second-order valence-corrected chi connectivity index (χ2v) is 9.22. The van der Waals surface area contributed by atoms with Gasteiger partial charge in [-0.2, -0.15) is 0 Å². The summed E-state index contributed by atoms with van der Waals surface area (Å²) in [6, 6.07) is 7.45. The number of carbonyl (C=O) groups is 2. The maximum absolute atomic E-state index is 12.9. The summed E-state index contributed by atoms with van der Waals surface area (Å²) in [7, 11) is 0. The lowest BCUT2D eigenvalue weighted by atomic mass is 9.60. The van der Waals surface area contributed by atoms with Crippen molar-refractivity contribution >= 4 is 11.8 Å². The van der Waals surface area contributed by atoms with Gasteiger partial charge in [-0.05, 0) is 63.2 Å². The Morgan fingerprint density at radius 3 is 2.83 bits per heavy atom. The van der Waals surface area contributed by atoms with Crippen molar-refractivity contribution < 1.29 is 14.3 Å². The SMILES string of the molecule is O=C1N[C@@]2(C[C@H]3CC[C@H]2C[C@H]3C(=O)NCCN2CCCCC2)Oc2ccccc21. The number of piperidine rings is 1. The average Bonchev–Trinajstić information content (AvgIpc) is 2.75. The molecule has 1 spiro atoms. The number of ether oxygens (including phenoxy) is 1. The maximum Gasteiger partial charge on any atom is 0.258 e. The van der Waals surface area contributed by atoms with Gasteiger partial charge >= 0.3 is 0 Å². The number of nitrogens with zero attached hydrogens (tertiary/aromatic N) is 1. The van der Waals surface area contributed by atoms with E-state index in [-0.39, 0.29) is 29.6 Å². The van der Waals surface area contributed by atoms with Gasteiger partial charge in [-0.25, -0.2) is 0 Å². The Hall–Kier alpha value is -2.08. The summed E-state index contributed by atoms with van der Waals surface area (Å²) >= 11 is 0. The number of fused-ring (bicyclic) bond motifs is 3. The van der Waals surface area contributed by atoms with Gasteiger partial charge in [0.2, 0.25) is 5.91 Å². The summed E-state index contributed by atoms with van der Waals surface area (Å²) in [5, 5.41) is 6.36. The van der Waals surface area contributed by atoms with E-state index in [1.807, 2.05) is 18.2 Å². The Labute approximate surface area is 172 Å². The third-order valence-corrected chi connectivity index (χ3v) is 7.48. The molecule has 6 heteroatoms. The molecule has 1 aromatic carbocycles. The maximum atomic E-state index is 12.9. The molecule has 0 unspecified atom stereocenters. The first kappa shape index (κ1) is 18.9. The summed E-state index contributed by atoms with van der Waals surface area (Å²) in [4.78, 5) is 28.0. The van der Waals surface area contributed by atoms with Gasteiger partial charge < -0.3 is 20.3 Å². The fourth-order valence-electron chi connectivity index (χ4n) is 5.93. The van der Waals surface area contributed by atoms with E-state index in [4.69, 9.17) is 4.74 Å². The van der Waals surface area contributed by atoms with Gasteiger partial charge in [0, 0.05) is 31.3 Å². The van der Waals surface area contributed by atoms with E-state index in [0.717, 1.165) is 51.9 Å². The van der Waals surface area contributed by atoms with Crippen LogP contribution in [0.1, 0.15) is 55.3 Å². The molecule has 156 valence electrons. The van der Waals surface area contributed by atoms with Crippen LogP contribution in [0.25, 0.3) is 0 Å². The van der Waals surface area contributed by atoms with Crippen LogP contribution in [0.2, 0.25) is 0 Å². The number of likely N-dealkylation sites (tertiary alicyclic amines) is 1. The highest BCUT2D eigenvalue weighted by Gasteiger charge is 2.57. The lowest BCUT2D eigenvalue weighted by molar-refractivity contribution is -0.146. The van der Waals surface area contributed by atoms with Crippen LogP contribution in [0.15, 0.2) is 24.3 Å². The first-order valence-corrected chi connectivity index (χ1v) is 11.3. The van der Waals surface area contributed by atoms with Crippen molar-refractivity contribution in [2.24, 2.45) is 17.8 Å². The number of rotatable bonds is 4. The third kappa shape index (κ3) is 3.52. The summed E-state index contributed by atoms with van der Waals surface area (Å²) in [6.45, 7) is 4.00. The summed E-state index contributed by atoms with van der Waals surface area (Å²) in [6.07, 6.45) is 7.44. The fraction of sp³-hybridized carbons (Fsp3) is 0.652. The van der Waals surface area contributed by atoms with E-state index in [1.54, 1.807) is 6.07 Å². The molecule has 5 aliphatic rings. The highest BCUT2D eigenvalue weighted by Crippen LogP contribution is 2.52. The topological polar surface area (TPSA) is 70.7 Å². The highest BCUT2D eigenvalue weighted by molar-refractivity contribution is 5.98. The summed E-state index contributed by atoms with van der Waals surface area (Å²) < 4.78 is 6.38. The third-order valence-electron chi connectivity index (χ3n) is 7.48. The summed E-state index contributed by atoms with van der Waals surface area (Å²) in [5.74, 6) is 1.30. The molecule has 4 fully saturated rings. The van der Waals surface area contributed by atoms with Gasteiger partial charge in [-0.1, -0.05) is 18.6 Å². The van der Waals surface area contributed by atoms with Crippen LogP contribution in [0, 0.1) is 17.8 Å². The molecular weight excluding hydrogens is 366 g/mol. The number of nitrogens with one attached hydrogen (secondary N) is 2. The Kier molecular flexibility index (Phi) is 4.98. The number of benzene rings is 1. The minimum atomic E-state index is -0.640. The zero-order valence-electron chi connectivity index (χ0n) is 17.0. The van der Waals surface area contributed by atoms with Gasteiger partial charge in [0.15, 0.2) is 5.72 Å². The van der Waals surface area contributed by atoms with Crippen molar-refractivity contribution in [3.63, 3.8) is 0 Å². The predicted molar refractivity (Wildman–Crippen MR) is 110 cm³/mol. The lowest BCUT2D eigenvalue weighted by Crippen LogP contribution is -2.67. The molecule has 2 heterocycles. The zero-order chi connectivity index (χ0) is 19.8. The van der Waals surface area contributed by atoms with Crippen molar-refractivity contribution in [2.45, 2.75) is 50.7 Å². The van der Waals surface area contributed by atoms with Gasteiger partial charge in [-0.15, -0.1) is 0 Å². The normalized spacial score (nSPS) is 33.7. The van der Waals surface area contributed by atoms with E-state index in [0.29, 0.717) is 11.3 Å². The van der Waals surface area contributed by atoms with Crippen LogP contribution in [-0.4, -0.2) is 48.6 Å². The highest BCUT2D eigenvalue weighted by atomic mass is 16.5. The Balaban J connectivity index is 1.21. The largest absolute Gasteiger partial charge is 0.467 e. The zero-order valence-corrected chi connectivity index (χ0v) is 17.0. The van der Waals surface area contributed by atoms with Crippen molar-refractivity contribution in [1.29, 1.82) is 0 Å². The molecule has 0 aromatic heterocycles. The minimum Gasteiger partial charge on any atom is -0.467 e. The summed E-state index contributed by atoms with van der Waals surface area (Å²) in [5.41, 5.74) is -0.0366. The molecule has 29 heavy (non-hydrogen) atoms. The Morgan fingerprint density at radius 1 is 1.21 bits per heavy atom. The van der Waals surface area contributed by atoms with Gasteiger partial charge in [0.1, 0.15) is 5.75 Å². The van der Waals surface area contributed by atoms with Crippen LogP contribution in [0.4, 0.5) is 0 Å². The number of para-hydroxylation sites is 1. The molecule has 4 atom stereocenters. The number of hydrogen-bond acceptors (Lipinski definition) is 4. The molecule has 3 saturated carbocycles. The molecule has 1 aromatic rings.